The van der Waals surface area contributed by atoms with E-state index in [2.05, 4.69) is 31.2 Å². The van der Waals surface area contributed by atoms with Crippen LogP contribution in [-0.4, -0.2) is 14.2 Å². The summed E-state index contributed by atoms with van der Waals surface area (Å²) in [6.45, 7) is 3.01. The van der Waals surface area contributed by atoms with E-state index >= 15 is 0 Å². The Morgan fingerprint density at radius 3 is 1.60 bits per heavy atom. The molecule has 1 nitrogen and oxygen atoms in total. The summed E-state index contributed by atoms with van der Waals surface area (Å²) in [4.78, 5) is 0. The topological polar surface area (TPSA) is 9.23 Å². The lowest BCUT2D eigenvalue weighted by atomic mass is 10.1. The van der Waals surface area contributed by atoms with Crippen molar-refractivity contribution >= 4 is 29.1 Å². The van der Waals surface area contributed by atoms with Crippen molar-refractivity contribution in [3.8, 4) is 0 Å². The Labute approximate surface area is 159 Å². The second-order valence-corrected chi connectivity index (χ2v) is 10.9. The highest BCUT2D eigenvalue weighted by Crippen LogP contribution is 2.14. The molecule has 0 atom stereocenters. The van der Waals surface area contributed by atoms with Gasteiger partial charge in [-0.2, -0.15) is 0 Å². The minimum Gasteiger partial charge on any atom is -0.397 e. The fraction of sp³-hybridized carbons (Fsp3) is 0.455. The summed E-state index contributed by atoms with van der Waals surface area (Å²) in [7, 11) is -2.62. The Morgan fingerprint density at radius 2 is 1.12 bits per heavy atom. The van der Waals surface area contributed by atoms with Gasteiger partial charge in [0.1, 0.15) is 0 Å². The molecule has 2 aromatic carbocycles. The Morgan fingerprint density at radius 1 is 0.680 bits per heavy atom. The van der Waals surface area contributed by atoms with Crippen LogP contribution in [0, 0.1) is 0 Å². The van der Waals surface area contributed by atoms with Crippen LogP contribution >= 0.6 is 11.1 Å². The highest BCUT2D eigenvalue weighted by atomic mass is 35.6. The van der Waals surface area contributed by atoms with Crippen molar-refractivity contribution in [3.63, 3.8) is 0 Å². The Kier molecular flexibility index (Phi) is 9.31. The van der Waals surface area contributed by atoms with Crippen molar-refractivity contribution in [2.75, 3.05) is 6.61 Å². The van der Waals surface area contributed by atoms with Crippen molar-refractivity contribution in [2.24, 2.45) is 0 Å². The fourth-order valence-electron chi connectivity index (χ4n) is 3.09. The Balaban J connectivity index is 1.84. The molecule has 0 aliphatic carbocycles. The molecule has 3 heteroatoms. The predicted octanol–water partition coefficient (Wildman–Crippen LogP) is 5.64. The molecule has 0 heterocycles. The zero-order valence-electron chi connectivity index (χ0n) is 15.4. The summed E-state index contributed by atoms with van der Waals surface area (Å²) >= 11 is 7.10. The van der Waals surface area contributed by atoms with Gasteiger partial charge in [-0.1, -0.05) is 113 Å². The molecule has 2 aromatic rings. The molecule has 25 heavy (non-hydrogen) atoms. The minimum atomic E-state index is -2.62. The normalized spacial score (nSPS) is 11.6. The predicted molar refractivity (Wildman–Crippen MR) is 112 cm³/mol. The fourth-order valence-corrected chi connectivity index (χ4v) is 6.41. The molecule has 0 saturated carbocycles. The lowest BCUT2D eigenvalue weighted by molar-refractivity contribution is 0.313. The van der Waals surface area contributed by atoms with E-state index in [9.17, 15) is 0 Å². The lowest BCUT2D eigenvalue weighted by Crippen LogP contribution is -2.56. The molecule has 0 amide bonds. The van der Waals surface area contributed by atoms with Gasteiger partial charge in [0.25, 0.3) is 0 Å². The van der Waals surface area contributed by atoms with Gasteiger partial charge in [0.2, 0.25) is 0 Å². The van der Waals surface area contributed by atoms with E-state index in [1.807, 2.05) is 36.4 Å². The zero-order chi connectivity index (χ0) is 17.8. The first-order valence-electron chi connectivity index (χ1n) is 9.71. The summed E-state index contributed by atoms with van der Waals surface area (Å²) in [5, 5.41) is 2.25. The molecule has 0 N–H and O–H groups in total. The van der Waals surface area contributed by atoms with Crippen LogP contribution in [0.25, 0.3) is 0 Å². The van der Waals surface area contributed by atoms with Crippen LogP contribution in [0.1, 0.15) is 58.3 Å². The number of hydrogen-bond donors (Lipinski definition) is 0. The lowest BCUT2D eigenvalue weighted by Gasteiger charge is -2.25. The SMILES string of the molecule is CCCCCCCCCCO[Si](Cl)(c1ccccc1)c1ccccc1. The van der Waals surface area contributed by atoms with Crippen LogP contribution in [0.4, 0.5) is 0 Å². The van der Waals surface area contributed by atoms with Gasteiger partial charge < -0.3 is 4.43 Å². The monoisotopic (exact) mass is 374 g/mol. The van der Waals surface area contributed by atoms with Gasteiger partial charge in [-0.25, -0.2) is 0 Å². The van der Waals surface area contributed by atoms with Gasteiger partial charge in [0.05, 0.1) is 0 Å². The molecule has 0 saturated heterocycles. The maximum atomic E-state index is 7.10. The van der Waals surface area contributed by atoms with Crippen molar-refractivity contribution in [2.45, 2.75) is 58.3 Å². The van der Waals surface area contributed by atoms with Crippen molar-refractivity contribution in [1.29, 1.82) is 0 Å². The summed E-state index contributed by atoms with van der Waals surface area (Å²) in [6, 6.07) is 20.6. The second kappa shape index (κ2) is 11.5. The van der Waals surface area contributed by atoms with E-state index in [4.69, 9.17) is 15.5 Å². The average Bonchev–Trinajstić information content (AvgIpc) is 2.68. The van der Waals surface area contributed by atoms with Crippen molar-refractivity contribution in [3.05, 3.63) is 60.7 Å². The van der Waals surface area contributed by atoms with E-state index in [0.717, 1.165) is 23.4 Å². The molecule has 0 spiro atoms. The van der Waals surface area contributed by atoms with Crippen LogP contribution in [-0.2, 0) is 4.43 Å². The van der Waals surface area contributed by atoms with E-state index in [1.54, 1.807) is 0 Å². The number of halogens is 1. The first-order valence-corrected chi connectivity index (χ1v) is 12.6. The summed E-state index contributed by atoms with van der Waals surface area (Å²) in [5.41, 5.74) is 0. The van der Waals surface area contributed by atoms with E-state index in [0.29, 0.717) is 0 Å². The van der Waals surface area contributed by atoms with Crippen LogP contribution in [0.2, 0.25) is 0 Å². The van der Waals surface area contributed by atoms with Crippen molar-refractivity contribution in [1.82, 2.24) is 0 Å². The number of rotatable bonds is 12. The zero-order valence-corrected chi connectivity index (χ0v) is 17.2. The molecule has 2 rings (SSSR count). The number of benzene rings is 2. The van der Waals surface area contributed by atoms with E-state index in [1.165, 1.54) is 44.9 Å². The second-order valence-electron chi connectivity index (χ2n) is 6.65. The first-order chi connectivity index (χ1) is 12.3. The van der Waals surface area contributed by atoms with Crippen LogP contribution in [0.3, 0.4) is 0 Å². The molecular formula is C22H31ClOSi. The molecule has 0 radical (unpaired) electrons. The molecule has 0 bridgehead atoms. The number of hydrogen-bond acceptors (Lipinski definition) is 1. The molecular weight excluding hydrogens is 344 g/mol. The van der Waals surface area contributed by atoms with Crippen LogP contribution < -0.4 is 10.4 Å². The Bertz CT molecular complexity index is 534. The molecule has 0 aliphatic rings. The van der Waals surface area contributed by atoms with Gasteiger partial charge in [0.15, 0.2) is 0 Å². The molecule has 136 valence electrons. The van der Waals surface area contributed by atoms with Crippen LogP contribution in [0.5, 0.6) is 0 Å². The molecule has 0 unspecified atom stereocenters. The van der Waals surface area contributed by atoms with E-state index < -0.39 is 7.63 Å². The average molecular weight is 375 g/mol. The van der Waals surface area contributed by atoms with Crippen LogP contribution in [0.15, 0.2) is 60.7 Å². The molecule has 0 aromatic heterocycles. The van der Waals surface area contributed by atoms with Gasteiger partial charge in [0, 0.05) is 6.61 Å². The van der Waals surface area contributed by atoms with Gasteiger partial charge in [-0.3, -0.25) is 0 Å². The third-order valence-corrected chi connectivity index (χ3v) is 8.98. The van der Waals surface area contributed by atoms with Crippen molar-refractivity contribution < 1.29 is 4.43 Å². The summed E-state index contributed by atoms with van der Waals surface area (Å²) in [6.07, 6.45) is 10.4. The summed E-state index contributed by atoms with van der Waals surface area (Å²) < 4.78 is 6.35. The highest BCUT2D eigenvalue weighted by Gasteiger charge is 2.37. The quantitative estimate of drug-likeness (QED) is 0.265. The third kappa shape index (κ3) is 6.61. The maximum absolute atomic E-state index is 7.10. The first kappa shape index (κ1) is 20.2. The molecule has 0 aliphatic heterocycles. The van der Waals surface area contributed by atoms with E-state index in [-0.39, 0.29) is 0 Å². The molecule has 0 fully saturated rings. The largest absolute Gasteiger partial charge is 0.397 e. The van der Waals surface area contributed by atoms with Gasteiger partial charge in [-0.05, 0) is 16.8 Å². The highest BCUT2D eigenvalue weighted by molar-refractivity contribution is 7.30. The smallest absolute Gasteiger partial charge is 0.355 e. The minimum absolute atomic E-state index is 0.745. The Hall–Kier alpha value is -1.09. The van der Waals surface area contributed by atoms with Gasteiger partial charge >= 0.3 is 7.63 Å². The maximum Gasteiger partial charge on any atom is 0.355 e. The summed E-state index contributed by atoms with van der Waals surface area (Å²) in [5.74, 6) is 0. The number of unbranched alkanes of at least 4 members (excludes halogenated alkanes) is 7. The standard InChI is InChI=1S/C22H31ClOSi/c1-2-3-4-5-6-7-8-15-20-24-25(23,21-16-11-9-12-17-21)22-18-13-10-14-19-22/h9-14,16-19H,2-8,15,20H2,1H3. The third-order valence-electron chi connectivity index (χ3n) is 4.59. The van der Waals surface area contributed by atoms with Gasteiger partial charge in [-0.15, -0.1) is 11.1 Å².